The zero-order valence-corrected chi connectivity index (χ0v) is 12.8. The predicted octanol–water partition coefficient (Wildman–Crippen LogP) is 3.31. The molecule has 3 rings (SSSR count). The van der Waals surface area contributed by atoms with Crippen LogP contribution in [0.3, 0.4) is 0 Å². The minimum absolute atomic E-state index is 0.290. The van der Waals surface area contributed by atoms with E-state index in [1.807, 2.05) is 0 Å². The molecule has 19 heavy (non-hydrogen) atoms. The molecule has 2 fully saturated rings. The highest BCUT2D eigenvalue weighted by Gasteiger charge is 2.26. The van der Waals surface area contributed by atoms with Crippen LogP contribution in [0, 0.1) is 0 Å². The molecule has 1 heterocycles. The molecule has 1 saturated heterocycles. The van der Waals surface area contributed by atoms with E-state index in [0.29, 0.717) is 5.25 Å². The van der Waals surface area contributed by atoms with Gasteiger partial charge in [-0.1, -0.05) is 30.7 Å². The van der Waals surface area contributed by atoms with E-state index in [4.69, 9.17) is 5.84 Å². The normalized spacial score (nSPS) is 25.8. The summed E-state index contributed by atoms with van der Waals surface area (Å²) in [5, 5.41) is 0.598. The highest BCUT2D eigenvalue weighted by Crippen LogP contribution is 2.38. The molecule has 2 atom stereocenters. The molecule has 1 aliphatic heterocycles. The van der Waals surface area contributed by atoms with Crippen LogP contribution in [0.2, 0.25) is 0 Å². The van der Waals surface area contributed by atoms with Crippen molar-refractivity contribution in [1.29, 1.82) is 0 Å². The third-order valence-corrected chi connectivity index (χ3v) is 7.10. The quantitative estimate of drug-likeness (QED) is 0.660. The van der Waals surface area contributed by atoms with Crippen LogP contribution in [0.25, 0.3) is 0 Å². The number of hydrogen-bond acceptors (Lipinski definition) is 4. The number of rotatable bonds is 4. The van der Waals surface area contributed by atoms with Gasteiger partial charge in [-0.25, -0.2) is 0 Å². The van der Waals surface area contributed by atoms with E-state index >= 15 is 0 Å². The molecule has 1 aromatic carbocycles. The fourth-order valence-corrected chi connectivity index (χ4v) is 5.72. The van der Waals surface area contributed by atoms with Crippen LogP contribution < -0.4 is 11.3 Å². The van der Waals surface area contributed by atoms with Crippen LogP contribution in [0.4, 0.5) is 0 Å². The third kappa shape index (κ3) is 3.13. The summed E-state index contributed by atoms with van der Waals surface area (Å²) in [6, 6.07) is 9.39. The molecule has 2 aliphatic rings. The fraction of sp³-hybridized carbons (Fsp3) is 0.600. The maximum atomic E-state index is 5.84. The molecular weight excluding hydrogens is 272 g/mol. The lowest BCUT2D eigenvalue weighted by molar-refractivity contribution is 0.419. The van der Waals surface area contributed by atoms with Crippen molar-refractivity contribution < 1.29 is 0 Å². The Labute approximate surface area is 124 Å². The zero-order valence-electron chi connectivity index (χ0n) is 11.2. The second-order valence-corrected chi connectivity index (χ2v) is 7.92. The lowest BCUT2D eigenvalue weighted by Gasteiger charge is -2.31. The van der Waals surface area contributed by atoms with Gasteiger partial charge in [0, 0.05) is 22.5 Å². The van der Waals surface area contributed by atoms with E-state index in [1.165, 1.54) is 47.6 Å². The monoisotopic (exact) mass is 294 g/mol. The van der Waals surface area contributed by atoms with Crippen molar-refractivity contribution in [2.45, 2.75) is 36.5 Å². The Morgan fingerprint density at radius 1 is 1.26 bits per heavy atom. The number of hydrazine groups is 1. The predicted molar refractivity (Wildman–Crippen MR) is 86.7 cm³/mol. The number of hydrogen-bond donors (Lipinski definition) is 2. The molecule has 104 valence electrons. The number of benzene rings is 1. The smallest absolute Gasteiger partial charge is 0.0586 e. The topological polar surface area (TPSA) is 38.0 Å². The first-order valence-electron chi connectivity index (χ1n) is 7.14. The summed E-state index contributed by atoms with van der Waals surface area (Å²) >= 11 is 4.11. The Balaban J connectivity index is 1.77. The summed E-state index contributed by atoms with van der Waals surface area (Å²) < 4.78 is 0. The molecule has 0 spiro atoms. The molecule has 4 heteroatoms. The van der Waals surface area contributed by atoms with E-state index in [9.17, 15) is 0 Å². The van der Waals surface area contributed by atoms with Gasteiger partial charge in [-0.2, -0.15) is 23.5 Å². The Morgan fingerprint density at radius 3 is 2.79 bits per heavy atom. The van der Waals surface area contributed by atoms with Gasteiger partial charge >= 0.3 is 0 Å². The van der Waals surface area contributed by atoms with Crippen LogP contribution in [-0.2, 0) is 0 Å². The van der Waals surface area contributed by atoms with Crippen LogP contribution >= 0.6 is 23.5 Å². The van der Waals surface area contributed by atoms with Gasteiger partial charge in [0.05, 0.1) is 6.04 Å². The van der Waals surface area contributed by atoms with Crippen molar-refractivity contribution in [3.8, 4) is 0 Å². The van der Waals surface area contributed by atoms with Gasteiger partial charge in [-0.3, -0.25) is 11.3 Å². The van der Waals surface area contributed by atoms with E-state index in [-0.39, 0.29) is 6.04 Å². The van der Waals surface area contributed by atoms with Crippen molar-refractivity contribution in [2.24, 2.45) is 5.84 Å². The van der Waals surface area contributed by atoms with Crippen LogP contribution in [0.5, 0.6) is 0 Å². The van der Waals surface area contributed by atoms with Crippen LogP contribution in [-0.4, -0.2) is 22.5 Å². The average Bonchev–Trinajstić information content (AvgIpc) is 2.39. The molecule has 3 N–H and O–H groups in total. The van der Waals surface area contributed by atoms with Gasteiger partial charge in [0.25, 0.3) is 0 Å². The molecule has 1 aliphatic carbocycles. The summed E-state index contributed by atoms with van der Waals surface area (Å²) in [4.78, 5) is 0. The van der Waals surface area contributed by atoms with Gasteiger partial charge in [0.15, 0.2) is 0 Å². The first kappa shape index (κ1) is 13.8. The van der Waals surface area contributed by atoms with Crippen molar-refractivity contribution in [3.05, 3.63) is 35.4 Å². The van der Waals surface area contributed by atoms with Gasteiger partial charge in [0.2, 0.25) is 0 Å². The molecule has 2 unspecified atom stereocenters. The summed E-state index contributed by atoms with van der Waals surface area (Å²) in [6.07, 6.45) is 4.11. The maximum Gasteiger partial charge on any atom is 0.0586 e. The average molecular weight is 294 g/mol. The van der Waals surface area contributed by atoms with Crippen molar-refractivity contribution in [2.75, 3.05) is 17.3 Å². The molecule has 0 radical (unpaired) electrons. The molecular formula is C15H22N2S2. The summed E-state index contributed by atoms with van der Waals surface area (Å²) in [5.74, 6) is 10.4. The van der Waals surface area contributed by atoms with Crippen molar-refractivity contribution in [1.82, 2.24) is 5.43 Å². The highest BCUT2D eigenvalue weighted by molar-refractivity contribution is 8.06. The molecule has 1 aromatic rings. The van der Waals surface area contributed by atoms with E-state index in [2.05, 4.69) is 53.2 Å². The molecule has 0 bridgehead atoms. The minimum Gasteiger partial charge on any atom is -0.271 e. The van der Waals surface area contributed by atoms with Gasteiger partial charge in [-0.15, -0.1) is 0 Å². The molecule has 2 nitrogen and oxygen atoms in total. The highest BCUT2D eigenvalue weighted by atomic mass is 32.2. The van der Waals surface area contributed by atoms with E-state index in [1.54, 1.807) is 0 Å². The van der Waals surface area contributed by atoms with Crippen LogP contribution in [0.1, 0.15) is 42.3 Å². The fourth-order valence-electron chi connectivity index (χ4n) is 2.86. The second-order valence-electron chi connectivity index (χ2n) is 5.43. The molecule has 0 aromatic heterocycles. The number of thioether (sulfide) groups is 2. The SMILES string of the molecule is NNC(c1cccc(C2CCC2)c1)C1CSCCS1. The van der Waals surface area contributed by atoms with Crippen molar-refractivity contribution in [3.63, 3.8) is 0 Å². The summed E-state index contributed by atoms with van der Waals surface area (Å²) in [6.45, 7) is 0. The number of nitrogens with two attached hydrogens (primary N) is 1. The van der Waals surface area contributed by atoms with Crippen LogP contribution in [0.15, 0.2) is 24.3 Å². The summed E-state index contributed by atoms with van der Waals surface area (Å²) in [7, 11) is 0. The maximum absolute atomic E-state index is 5.84. The Hall–Kier alpha value is -0.160. The Kier molecular flexibility index (Phi) is 4.74. The Morgan fingerprint density at radius 2 is 2.16 bits per heavy atom. The zero-order chi connectivity index (χ0) is 13.1. The molecule has 0 amide bonds. The first-order valence-corrected chi connectivity index (χ1v) is 9.34. The summed E-state index contributed by atoms with van der Waals surface area (Å²) in [5.41, 5.74) is 5.94. The first-order chi connectivity index (χ1) is 9.38. The number of nitrogens with one attached hydrogen (secondary N) is 1. The molecule has 1 saturated carbocycles. The van der Waals surface area contributed by atoms with E-state index in [0.717, 1.165) is 5.92 Å². The second kappa shape index (κ2) is 6.53. The minimum atomic E-state index is 0.290. The lowest BCUT2D eigenvalue weighted by atomic mass is 9.79. The van der Waals surface area contributed by atoms with E-state index < -0.39 is 0 Å². The largest absolute Gasteiger partial charge is 0.271 e. The van der Waals surface area contributed by atoms with Gasteiger partial charge in [0.1, 0.15) is 0 Å². The third-order valence-electron chi connectivity index (χ3n) is 4.24. The van der Waals surface area contributed by atoms with Gasteiger partial charge < -0.3 is 0 Å². The van der Waals surface area contributed by atoms with Crippen molar-refractivity contribution >= 4 is 23.5 Å². The lowest BCUT2D eigenvalue weighted by Crippen LogP contribution is -2.37. The van der Waals surface area contributed by atoms with Gasteiger partial charge in [-0.05, 0) is 29.9 Å². The standard InChI is InChI=1S/C15H22N2S2/c16-17-15(14-10-18-7-8-19-14)13-6-2-5-12(9-13)11-3-1-4-11/h2,5-6,9,11,14-15,17H,1,3-4,7-8,10,16H2. The Bertz CT molecular complexity index is 414.